The van der Waals surface area contributed by atoms with Gasteiger partial charge in [0.1, 0.15) is 5.69 Å². The summed E-state index contributed by atoms with van der Waals surface area (Å²) in [6.07, 6.45) is 4.74. The zero-order valence-corrected chi connectivity index (χ0v) is 15.1. The molecule has 3 aromatic rings. The first-order chi connectivity index (χ1) is 13.3. The molecule has 27 heavy (non-hydrogen) atoms. The Labute approximate surface area is 158 Å². The van der Waals surface area contributed by atoms with E-state index < -0.39 is 5.41 Å². The van der Waals surface area contributed by atoms with Crippen LogP contribution in [-0.4, -0.2) is 24.1 Å². The summed E-state index contributed by atoms with van der Waals surface area (Å²) in [5, 5.41) is 3.13. The molecule has 5 heteroatoms. The lowest BCUT2D eigenvalue weighted by atomic mass is 9.73. The van der Waals surface area contributed by atoms with Crippen LogP contribution in [-0.2, 0) is 21.5 Å². The molecule has 1 fully saturated rings. The summed E-state index contributed by atoms with van der Waals surface area (Å²) in [5.41, 5.74) is 2.27. The maximum absolute atomic E-state index is 13.2. The number of hydrogen-bond donors (Lipinski definition) is 1. The number of benzene rings is 1. The first kappa shape index (κ1) is 17.5. The molecule has 0 spiro atoms. The van der Waals surface area contributed by atoms with Gasteiger partial charge in [0.05, 0.1) is 11.7 Å². The number of carbonyl (C=O) groups excluding carboxylic acids is 1. The molecule has 1 saturated heterocycles. The lowest BCUT2D eigenvalue weighted by Gasteiger charge is -2.36. The maximum atomic E-state index is 13.2. The van der Waals surface area contributed by atoms with Gasteiger partial charge in [0.15, 0.2) is 5.76 Å². The van der Waals surface area contributed by atoms with Gasteiger partial charge in [0, 0.05) is 26.0 Å². The van der Waals surface area contributed by atoms with Gasteiger partial charge in [-0.15, -0.1) is 0 Å². The Kier molecular flexibility index (Phi) is 5.03. The van der Waals surface area contributed by atoms with Crippen molar-refractivity contribution in [1.29, 1.82) is 0 Å². The van der Waals surface area contributed by atoms with Crippen molar-refractivity contribution in [2.24, 2.45) is 0 Å². The molecule has 0 unspecified atom stereocenters. The topological polar surface area (TPSA) is 64.4 Å². The minimum absolute atomic E-state index is 0.0494. The smallest absolute Gasteiger partial charge is 0.231 e. The fourth-order valence-electron chi connectivity index (χ4n) is 3.62. The second-order valence-electron chi connectivity index (χ2n) is 6.77. The molecule has 2 aromatic heterocycles. The van der Waals surface area contributed by atoms with Crippen molar-refractivity contribution in [1.82, 2.24) is 10.3 Å². The zero-order valence-electron chi connectivity index (χ0n) is 15.1. The van der Waals surface area contributed by atoms with Crippen molar-refractivity contribution in [2.75, 3.05) is 13.2 Å². The molecule has 138 valence electrons. The molecule has 4 rings (SSSR count). The van der Waals surface area contributed by atoms with Crippen LogP contribution in [0.1, 0.15) is 24.0 Å². The predicted octanol–water partition coefficient (Wildman–Crippen LogP) is 3.71. The Morgan fingerprint density at radius 2 is 1.89 bits per heavy atom. The molecule has 1 N–H and O–H groups in total. The predicted molar refractivity (Wildman–Crippen MR) is 102 cm³/mol. The molecule has 0 saturated carbocycles. The average molecular weight is 362 g/mol. The van der Waals surface area contributed by atoms with Gasteiger partial charge >= 0.3 is 0 Å². The van der Waals surface area contributed by atoms with E-state index in [0.29, 0.717) is 38.4 Å². The molecule has 1 aromatic carbocycles. The number of amides is 1. The molecule has 0 atom stereocenters. The summed E-state index contributed by atoms with van der Waals surface area (Å²) in [5.74, 6) is 0.765. The van der Waals surface area contributed by atoms with Crippen LogP contribution in [0.15, 0.2) is 71.5 Å². The third-order valence-corrected chi connectivity index (χ3v) is 5.16. The number of rotatable bonds is 5. The van der Waals surface area contributed by atoms with Crippen molar-refractivity contribution >= 4 is 5.91 Å². The Hall–Kier alpha value is -2.92. The fourth-order valence-corrected chi connectivity index (χ4v) is 3.62. The van der Waals surface area contributed by atoms with E-state index in [-0.39, 0.29) is 5.91 Å². The van der Waals surface area contributed by atoms with Crippen LogP contribution in [0.25, 0.3) is 11.5 Å². The number of furan rings is 1. The molecule has 0 aliphatic carbocycles. The summed E-state index contributed by atoms with van der Waals surface area (Å²) in [6, 6.07) is 17.6. The van der Waals surface area contributed by atoms with Gasteiger partial charge in [-0.2, -0.15) is 0 Å². The molecule has 0 bridgehead atoms. The van der Waals surface area contributed by atoms with Gasteiger partial charge in [0.2, 0.25) is 5.91 Å². The number of hydrogen-bond acceptors (Lipinski definition) is 4. The van der Waals surface area contributed by atoms with E-state index in [1.807, 2.05) is 54.6 Å². The number of ether oxygens (including phenoxy) is 1. The van der Waals surface area contributed by atoms with Crippen molar-refractivity contribution in [3.8, 4) is 11.5 Å². The number of carbonyl (C=O) groups is 1. The van der Waals surface area contributed by atoms with Gasteiger partial charge in [-0.05, 0) is 48.2 Å². The highest BCUT2D eigenvalue weighted by Crippen LogP contribution is 2.35. The molecule has 1 aliphatic heterocycles. The van der Waals surface area contributed by atoms with Crippen LogP contribution in [0.3, 0.4) is 0 Å². The fraction of sp³-hybridized carbons (Fsp3) is 0.273. The van der Waals surface area contributed by atoms with Crippen molar-refractivity contribution < 1.29 is 13.9 Å². The SMILES string of the molecule is O=C(NCc1ccnc(-c2ccco2)c1)C1(c2ccccc2)CCOCC1. The van der Waals surface area contributed by atoms with E-state index in [1.165, 1.54) is 0 Å². The molecule has 3 heterocycles. The minimum atomic E-state index is -0.531. The zero-order chi connectivity index (χ0) is 18.5. The van der Waals surface area contributed by atoms with Crippen molar-refractivity contribution in [3.05, 3.63) is 78.2 Å². The minimum Gasteiger partial charge on any atom is -0.463 e. The van der Waals surface area contributed by atoms with Crippen LogP contribution in [0.4, 0.5) is 0 Å². The van der Waals surface area contributed by atoms with E-state index >= 15 is 0 Å². The summed E-state index contributed by atoms with van der Waals surface area (Å²) in [4.78, 5) is 17.5. The maximum Gasteiger partial charge on any atom is 0.231 e. The number of pyridine rings is 1. The van der Waals surface area contributed by atoms with Gasteiger partial charge < -0.3 is 14.5 Å². The Bertz CT molecular complexity index is 885. The monoisotopic (exact) mass is 362 g/mol. The van der Waals surface area contributed by atoms with E-state index in [0.717, 1.165) is 16.8 Å². The van der Waals surface area contributed by atoms with Crippen LogP contribution in [0.5, 0.6) is 0 Å². The van der Waals surface area contributed by atoms with E-state index in [2.05, 4.69) is 10.3 Å². The largest absolute Gasteiger partial charge is 0.463 e. The molecular formula is C22H22N2O3. The second kappa shape index (κ2) is 7.76. The highest BCUT2D eigenvalue weighted by molar-refractivity contribution is 5.88. The normalized spacial score (nSPS) is 16.0. The lowest BCUT2D eigenvalue weighted by Crippen LogP contribution is -2.47. The van der Waals surface area contributed by atoms with Gasteiger partial charge in [0.25, 0.3) is 0 Å². The molecular weight excluding hydrogens is 340 g/mol. The first-order valence-electron chi connectivity index (χ1n) is 9.18. The second-order valence-corrected chi connectivity index (χ2v) is 6.77. The van der Waals surface area contributed by atoms with Crippen molar-refractivity contribution in [2.45, 2.75) is 24.8 Å². The molecule has 1 amide bonds. The summed E-state index contributed by atoms with van der Waals surface area (Å²) in [7, 11) is 0. The quantitative estimate of drug-likeness (QED) is 0.752. The Morgan fingerprint density at radius 1 is 1.07 bits per heavy atom. The highest BCUT2D eigenvalue weighted by atomic mass is 16.5. The standard InChI is InChI=1S/C22H22N2O3/c25-21(22(9-13-26-14-10-22)18-5-2-1-3-6-18)24-16-17-8-11-23-19(15-17)20-7-4-12-27-20/h1-8,11-12,15H,9-10,13-14,16H2,(H,24,25). The van der Waals surface area contributed by atoms with Crippen LogP contribution < -0.4 is 5.32 Å². The lowest BCUT2D eigenvalue weighted by molar-refractivity contribution is -0.130. The van der Waals surface area contributed by atoms with Crippen LogP contribution >= 0.6 is 0 Å². The van der Waals surface area contributed by atoms with Crippen molar-refractivity contribution in [3.63, 3.8) is 0 Å². The summed E-state index contributed by atoms with van der Waals surface area (Å²) < 4.78 is 10.9. The number of nitrogens with one attached hydrogen (secondary N) is 1. The molecule has 5 nitrogen and oxygen atoms in total. The summed E-state index contributed by atoms with van der Waals surface area (Å²) >= 11 is 0. The highest BCUT2D eigenvalue weighted by Gasteiger charge is 2.41. The van der Waals surface area contributed by atoms with Crippen LogP contribution in [0, 0.1) is 0 Å². The number of aromatic nitrogens is 1. The Morgan fingerprint density at radius 3 is 2.63 bits per heavy atom. The van der Waals surface area contributed by atoms with Gasteiger partial charge in [-0.3, -0.25) is 9.78 Å². The summed E-state index contributed by atoms with van der Waals surface area (Å²) in [6.45, 7) is 1.64. The number of nitrogens with zero attached hydrogens (tertiary/aromatic N) is 1. The average Bonchev–Trinajstić information content (AvgIpc) is 3.28. The molecule has 0 radical (unpaired) electrons. The molecule has 1 aliphatic rings. The van der Waals surface area contributed by atoms with Crippen LogP contribution in [0.2, 0.25) is 0 Å². The van der Waals surface area contributed by atoms with Gasteiger partial charge in [-0.25, -0.2) is 0 Å². The first-order valence-corrected chi connectivity index (χ1v) is 9.18. The van der Waals surface area contributed by atoms with E-state index in [4.69, 9.17) is 9.15 Å². The Balaban J connectivity index is 1.52. The third-order valence-electron chi connectivity index (χ3n) is 5.16. The van der Waals surface area contributed by atoms with Gasteiger partial charge in [-0.1, -0.05) is 30.3 Å². The van der Waals surface area contributed by atoms with E-state index in [1.54, 1.807) is 12.5 Å². The third kappa shape index (κ3) is 3.64. The van der Waals surface area contributed by atoms with E-state index in [9.17, 15) is 4.79 Å².